The molecule has 0 aliphatic carbocycles. The quantitative estimate of drug-likeness (QED) is 0.781. The molecule has 1 saturated heterocycles. The summed E-state index contributed by atoms with van der Waals surface area (Å²) in [4.78, 5) is 16.4. The summed E-state index contributed by atoms with van der Waals surface area (Å²) in [5.74, 6) is -0.0508. The molecule has 1 aromatic carbocycles. The zero-order valence-electron chi connectivity index (χ0n) is 13.0. The van der Waals surface area contributed by atoms with E-state index in [0.717, 1.165) is 18.8 Å². The Labute approximate surface area is 134 Å². The molecule has 1 aliphatic rings. The average Bonchev–Trinajstić information content (AvgIpc) is 2.55. The molecule has 2 rings (SSSR count). The van der Waals surface area contributed by atoms with Crippen LogP contribution in [0.15, 0.2) is 48.7 Å². The van der Waals surface area contributed by atoms with Gasteiger partial charge in [0, 0.05) is 37.4 Å². The maximum absolute atomic E-state index is 12.4. The van der Waals surface area contributed by atoms with Crippen LogP contribution in [0.3, 0.4) is 0 Å². The number of allylic oxidation sites excluding steroid dienone is 3. The summed E-state index contributed by atoms with van der Waals surface area (Å²) in [6.07, 6.45) is 3.69. The highest BCUT2D eigenvalue weighted by atomic mass is 19.3. The molecule has 0 bridgehead atoms. The van der Waals surface area contributed by atoms with Gasteiger partial charge in [0.05, 0.1) is 0 Å². The number of hydrogen-bond acceptors (Lipinski definition) is 3. The summed E-state index contributed by atoms with van der Waals surface area (Å²) in [5, 5.41) is 0. The highest BCUT2D eigenvalue weighted by Crippen LogP contribution is 2.17. The summed E-state index contributed by atoms with van der Waals surface area (Å²) >= 11 is 0. The molecule has 6 heteroatoms. The Bertz CT molecular complexity index is 577. The number of halogens is 2. The van der Waals surface area contributed by atoms with E-state index in [1.54, 1.807) is 11.0 Å². The second kappa shape index (κ2) is 7.76. The highest BCUT2D eigenvalue weighted by Gasteiger charge is 2.22. The molecule has 1 aromatic rings. The van der Waals surface area contributed by atoms with Crippen molar-refractivity contribution in [1.82, 2.24) is 9.80 Å². The SMILES string of the molecule is C=C/C=C(\C)N1CCN(C(=O)c2ccc(OC(F)F)cc2)CC1. The molecule has 124 valence electrons. The van der Waals surface area contributed by atoms with E-state index in [1.165, 1.54) is 24.3 Å². The first-order valence-corrected chi connectivity index (χ1v) is 7.39. The summed E-state index contributed by atoms with van der Waals surface area (Å²) < 4.78 is 28.5. The first-order chi connectivity index (χ1) is 11.0. The van der Waals surface area contributed by atoms with Crippen LogP contribution in [0.5, 0.6) is 5.75 Å². The van der Waals surface area contributed by atoms with Crippen LogP contribution in [0, 0.1) is 0 Å². The molecule has 0 aromatic heterocycles. The normalized spacial score (nSPS) is 15.7. The molecule has 0 atom stereocenters. The minimum atomic E-state index is -2.86. The van der Waals surface area contributed by atoms with Crippen molar-refractivity contribution in [3.05, 3.63) is 54.3 Å². The third kappa shape index (κ3) is 4.55. The summed E-state index contributed by atoms with van der Waals surface area (Å²) in [6.45, 7) is 5.59. The Morgan fingerprint density at radius 2 is 1.74 bits per heavy atom. The van der Waals surface area contributed by atoms with E-state index in [9.17, 15) is 13.6 Å². The molecule has 1 fully saturated rings. The molecular formula is C17H20F2N2O2. The van der Waals surface area contributed by atoms with Gasteiger partial charge in [-0.05, 0) is 37.3 Å². The van der Waals surface area contributed by atoms with E-state index >= 15 is 0 Å². The van der Waals surface area contributed by atoms with Crippen LogP contribution in [0.1, 0.15) is 17.3 Å². The number of nitrogens with zero attached hydrogens (tertiary/aromatic N) is 2. The van der Waals surface area contributed by atoms with Gasteiger partial charge in [0.1, 0.15) is 5.75 Å². The topological polar surface area (TPSA) is 32.8 Å². The predicted octanol–water partition coefficient (Wildman–Crippen LogP) is 3.14. The fourth-order valence-electron chi connectivity index (χ4n) is 2.50. The largest absolute Gasteiger partial charge is 0.435 e. The van der Waals surface area contributed by atoms with E-state index in [0.29, 0.717) is 18.7 Å². The molecule has 4 nitrogen and oxygen atoms in total. The zero-order chi connectivity index (χ0) is 16.8. The van der Waals surface area contributed by atoms with Crippen molar-refractivity contribution in [2.24, 2.45) is 0 Å². The number of alkyl halides is 2. The minimum Gasteiger partial charge on any atom is -0.435 e. The van der Waals surface area contributed by atoms with E-state index in [-0.39, 0.29) is 11.7 Å². The third-order valence-electron chi connectivity index (χ3n) is 3.75. The van der Waals surface area contributed by atoms with Gasteiger partial charge < -0.3 is 14.5 Å². The Hall–Kier alpha value is -2.37. The molecular weight excluding hydrogens is 302 g/mol. The lowest BCUT2D eigenvalue weighted by Crippen LogP contribution is -2.47. The standard InChI is InChI=1S/C17H20F2N2O2/c1-3-4-13(2)20-9-11-21(12-10-20)16(22)14-5-7-15(8-6-14)23-17(18)19/h3-8,17H,1,9-12H2,2H3/b13-4+. The van der Waals surface area contributed by atoms with Gasteiger partial charge in [-0.2, -0.15) is 8.78 Å². The first-order valence-electron chi connectivity index (χ1n) is 7.39. The van der Waals surface area contributed by atoms with Crippen LogP contribution in [0.2, 0.25) is 0 Å². The molecule has 0 radical (unpaired) electrons. The van der Waals surface area contributed by atoms with Crippen molar-refractivity contribution in [2.75, 3.05) is 26.2 Å². The van der Waals surface area contributed by atoms with Gasteiger partial charge in [0.25, 0.3) is 5.91 Å². The second-order valence-corrected chi connectivity index (χ2v) is 5.23. The molecule has 1 aliphatic heterocycles. The van der Waals surface area contributed by atoms with E-state index in [2.05, 4.69) is 16.2 Å². The van der Waals surface area contributed by atoms with Crippen molar-refractivity contribution in [3.8, 4) is 5.75 Å². The van der Waals surface area contributed by atoms with E-state index in [4.69, 9.17) is 0 Å². The molecule has 0 saturated carbocycles. The summed E-state index contributed by atoms with van der Waals surface area (Å²) in [7, 11) is 0. The highest BCUT2D eigenvalue weighted by molar-refractivity contribution is 5.94. The number of hydrogen-bond donors (Lipinski definition) is 0. The predicted molar refractivity (Wildman–Crippen MR) is 84.5 cm³/mol. The van der Waals surface area contributed by atoms with Gasteiger partial charge in [-0.15, -0.1) is 0 Å². The third-order valence-corrected chi connectivity index (χ3v) is 3.75. The minimum absolute atomic E-state index is 0.0477. The second-order valence-electron chi connectivity index (χ2n) is 5.23. The molecule has 0 spiro atoms. The molecule has 0 unspecified atom stereocenters. The average molecular weight is 322 g/mol. The van der Waals surface area contributed by atoms with Gasteiger partial charge in [0.15, 0.2) is 0 Å². The number of ether oxygens (including phenoxy) is 1. The van der Waals surface area contributed by atoms with E-state index in [1.807, 2.05) is 13.0 Å². The van der Waals surface area contributed by atoms with Gasteiger partial charge in [0.2, 0.25) is 0 Å². The van der Waals surface area contributed by atoms with Gasteiger partial charge >= 0.3 is 6.61 Å². The number of carbonyl (C=O) groups excluding carboxylic acids is 1. The smallest absolute Gasteiger partial charge is 0.387 e. The van der Waals surface area contributed by atoms with Crippen LogP contribution in [0.25, 0.3) is 0 Å². The Balaban J connectivity index is 1.94. The van der Waals surface area contributed by atoms with E-state index < -0.39 is 6.61 Å². The monoisotopic (exact) mass is 322 g/mol. The Morgan fingerprint density at radius 1 is 1.17 bits per heavy atom. The molecule has 1 heterocycles. The molecule has 0 N–H and O–H groups in total. The van der Waals surface area contributed by atoms with Crippen molar-refractivity contribution in [1.29, 1.82) is 0 Å². The van der Waals surface area contributed by atoms with Crippen LogP contribution in [-0.2, 0) is 0 Å². The van der Waals surface area contributed by atoms with Crippen LogP contribution in [0.4, 0.5) is 8.78 Å². The Morgan fingerprint density at radius 3 is 2.26 bits per heavy atom. The lowest BCUT2D eigenvalue weighted by molar-refractivity contribution is -0.0498. The van der Waals surface area contributed by atoms with Gasteiger partial charge in [-0.25, -0.2) is 0 Å². The van der Waals surface area contributed by atoms with Crippen LogP contribution in [-0.4, -0.2) is 48.5 Å². The van der Waals surface area contributed by atoms with Crippen molar-refractivity contribution in [3.63, 3.8) is 0 Å². The fraction of sp³-hybridized carbons (Fsp3) is 0.353. The lowest BCUT2D eigenvalue weighted by atomic mass is 10.1. The number of amides is 1. The summed E-state index contributed by atoms with van der Waals surface area (Å²) in [5.41, 5.74) is 1.60. The maximum atomic E-state index is 12.4. The van der Waals surface area contributed by atoms with Crippen molar-refractivity contribution in [2.45, 2.75) is 13.5 Å². The van der Waals surface area contributed by atoms with Crippen molar-refractivity contribution < 1.29 is 18.3 Å². The lowest BCUT2D eigenvalue weighted by Gasteiger charge is -2.36. The Kier molecular flexibility index (Phi) is 5.73. The van der Waals surface area contributed by atoms with Crippen molar-refractivity contribution >= 4 is 5.91 Å². The number of carbonyl (C=O) groups is 1. The van der Waals surface area contributed by atoms with Gasteiger partial charge in [-0.1, -0.05) is 12.7 Å². The summed E-state index contributed by atoms with van der Waals surface area (Å²) in [6, 6.07) is 5.78. The fourth-order valence-corrected chi connectivity index (χ4v) is 2.50. The van der Waals surface area contributed by atoms with Gasteiger partial charge in [-0.3, -0.25) is 4.79 Å². The molecule has 1 amide bonds. The number of piperazine rings is 1. The zero-order valence-corrected chi connectivity index (χ0v) is 13.0. The maximum Gasteiger partial charge on any atom is 0.387 e. The molecule has 23 heavy (non-hydrogen) atoms. The number of benzene rings is 1. The van der Waals surface area contributed by atoms with Crippen LogP contribution < -0.4 is 4.74 Å². The first kappa shape index (κ1) is 17.0. The number of rotatable bonds is 5. The van der Waals surface area contributed by atoms with Crippen LogP contribution >= 0.6 is 0 Å².